The maximum atomic E-state index is 12.2. The van der Waals surface area contributed by atoms with Gasteiger partial charge in [-0.2, -0.15) is 0 Å². The zero-order chi connectivity index (χ0) is 20.1. The molecule has 1 aromatic carbocycles. The number of aliphatic hydroxyl groups is 1. The Morgan fingerprint density at radius 1 is 1.29 bits per heavy atom. The first-order valence-electron chi connectivity index (χ1n) is 9.71. The molecule has 6 nitrogen and oxygen atoms in total. The minimum atomic E-state index is -0.618. The van der Waals surface area contributed by atoms with E-state index < -0.39 is 5.54 Å². The number of hydrogen-bond donors (Lipinski definition) is 2. The molecule has 1 aromatic heterocycles. The summed E-state index contributed by atoms with van der Waals surface area (Å²) in [4.78, 5) is 21.7. The van der Waals surface area contributed by atoms with Crippen LogP contribution in [-0.2, 0) is 17.8 Å². The number of rotatable bonds is 7. The Bertz CT molecular complexity index is 797. The predicted molar refractivity (Wildman–Crippen MR) is 113 cm³/mol. The molecule has 0 saturated carbocycles. The van der Waals surface area contributed by atoms with Crippen molar-refractivity contribution in [2.24, 2.45) is 0 Å². The number of aliphatic hydroxyl groups excluding tert-OH is 1. The van der Waals surface area contributed by atoms with Gasteiger partial charge < -0.3 is 15.3 Å². The Hall–Kier alpha value is -1.80. The lowest BCUT2D eigenvalue weighted by atomic mass is 10.1. The minimum absolute atomic E-state index is 0.0961. The number of carbonyl (C=O) groups is 1. The van der Waals surface area contributed by atoms with E-state index in [1.165, 1.54) is 5.56 Å². The number of benzene rings is 1. The van der Waals surface area contributed by atoms with Crippen LogP contribution in [0.1, 0.15) is 25.1 Å². The quantitative estimate of drug-likeness (QED) is 0.741. The highest BCUT2D eigenvalue weighted by Gasteiger charge is 2.20. The van der Waals surface area contributed by atoms with Crippen molar-refractivity contribution in [3.05, 3.63) is 40.9 Å². The van der Waals surface area contributed by atoms with Gasteiger partial charge in [0.15, 0.2) is 0 Å². The summed E-state index contributed by atoms with van der Waals surface area (Å²) in [5.41, 5.74) is 2.53. The zero-order valence-corrected chi connectivity index (χ0v) is 17.8. The van der Waals surface area contributed by atoms with Crippen molar-refractivity contribution in [1.29, 1.82) is 0 Å². The van der Waals surface area contributed by atoms with Crippen molar-refractivity contribution in [2.45, 2.75) is 32.4 Å². The van der Waals surface area contributed by atoms with Crippen LogP contribution in [0.2, 0.25) is 0 Å². The van der Waals surface area contributed by atoms with Gasteiger partial charge in [-0.1, -0.05) is 18.2 Å². The predicted octanol–water partition coefficient (Wildman–Crippen LogP) is 1.99. The summed E-state index contributed by atoms with van der Waals surface area (Å²) in [6, 6.07) is 8.53. The van der Waals surface area contributed by atoms with E-state index >= 15 is 0 Å². The van der Waals surface area contributed by atoms with Crippen molar-refractivity contribution in [3.8, 4) is 10.6 Å². The maximum Gasteiger partial charge on any atom is 0.226 e. The van der Waals surface area contributed by atoms with Gasteiger partial charge in [0, 0.05) is 43.7 Å². The zero-order valence-electron chi connectivity index (χ0n) is 16.9. The molecule has 1 saturated heterocycles. The number of nitrogens with zero attached hydrogens (tertiary/aromatic N) is 3. The van der Waals surface area contributed by atoms with Crippen molar-refractivity contribution >= 4 is 17.2 Å². The summed E-state index contributed by atoms with van der Waals surface area (Å²) >= 11 is 1.56. The molecule has 0 bridgehead atoms. The molecule has 0 unspecified atom stereocenters. The summed E-state index contributed by atoms with van der Waals surface area (Å²) < 4.78 is 0. The van der Waals surface area contributed by atoms with Crippen LogP contribution < -0.4 is 5.32 Å². The van der Waals surface area contributed by atoms with Crippen molar-refractivity contribution in [2.75, 3.05) is 39.8 Å². The third-order valence-corrected chi connectivity index (χ3v) is 5.88. The van der Waals surface area contributed by atoms with E-state index in [9.17, 15) is 9.90 Å². The summed E-state index contributed by atoms with van der Waals surface area (Å²) in [5.74, 6) is -0.125. The van der Waals surface area contributed by atoms with E-state index in [-0.39, 0.29) is 18.9 Å². The Kier molecular flexibility index (Phi) is 6.82. The number of carbonyl (C=O) groups excluding carboxylic acids is 1. The van der Waals surface area contributed by atoms with Crippen LogP contribution >= 0.6 is 11.3 Å². The van der Waals surface area contributed by atoms with E-state index in [1.807, 2.05) is 5.38 Å². The first-order valence-corrected chi connectivity index (χ1v) is 10.6. The van der Waals surface area contributed by atoms with Gasteiger partial charge in [-0.3, -0.25) is 9.69 Å². The van der Waals surface area contributed by atoms with Crippen molar-refractivity contribution in [3.63, 3.8) is 0 Å². The number of likely N-dealkylation sites (N-methyl/N-ethyl adjacent to an activating group) is 1. The monoisotopic (exact) mass is 402 g/mol. The second-order valence-corrected chi connectivity index (χ2v) is 9.05. The largest absolute Gasteiger partial charge is 0.394 e. The van der Waals surface area contributed by atoms with Crippen LogP contribution in [0.5, 0.6) is 0 Å². The summed E-state index contributed by atoms with van der Waals surface area (Å²) in [6.07, 6.45) is 0.223. The molecule has 1 aliphatic rings. The molecule has 0 atom stereocenters. The van der Waals surface area contributed by atoms with Gasteiger partial charge in [0.05, 0.1) is 24.3 Å². The number of thiazole rings is 1. The molecular weight excluding hydrogens is 372 g/mol. The number of nitrogens with one attached hydrogen (secondary N) is 1. The first kappa shape index (κ1) is 20.9. The first-order chi connectivity index (χ1) is 13.3. The minimum Gasteiger partial charge on any atom is -0.394 e. The molecule has 3 rings (SSSR count). The maximum absolute atomic E-state index is 12.2. The summed E-state index contributed by atoms with van der Waals surface area (Å²) in [7, 11) is 2.17. The smallest absolute Gasteiger partial charge is 0.226 e. The molecule has 7 heteroatoms. The normalized spacial score (nSPS) is 16.3. The molecule has 0 aliphatic carbocycles. The molecule has 2 aromatic rings. The van der Waals surface area contributed by atoms with Crippen molar-refractivity contribution in [1.82, 2.24) is 20.1 Å². The summed E-state index contributed by atoms with van der Waals surface area (Å²) in [5, 5.41) is 15.0. The molecular formula is C21H30N4O2S. The van der Waals surface area contributed by atoms with E-state index in [1.54, 1.807) is 25.2 Å². The van der Waals surface area contributed by atoms with Crippen LogP contribution in [0.25, 0.3) is 10.6 Å². The number of hydrogen-bond acceptors (Lipinski definition) is 6. The van der Waals surface area contributed by atoms with E-state index in [4.69, 9.17) is 0 Å². The van der Waals surface area contributed by atoms with Gasteiger partial charge in [-0.25, -0.2) is 4.98 Å². The highest BCUT2D eigenvalue weighted by atomic mass is 32.1. The fourth-order valence-electron chi connectivity index (χ4n) is 3.21. The van der Waals surface area contributed by atoms with Crippen LogP contribution in [0.15, 0.2) is 29.6 Å². The number of aromatic nitrogens is 1. The Labute approximate surface area is 171 Å². The molecule has 1 amide bonds. The fourth-order valence-corrected chi connectivity index (χ4v) is 4.03. The Balaban J connectivity index is 1.62. The van der Waals surface area contributed by atoms with Crippen LogP contribution in [-0.4, -0.2) is 71.2 Å². The lowest BCUT2D eigenvalue weighted by Gasteiger charge is -2.32. The van der Waals surface area contributed by atoms with E-state index in [0.29, 0.717) is 0 Å². The molecule has 2 N–H and O–H groups in total. The van der Waals surface area contributed by atoms with Gasteiger partial charge in [0.25, 0.3) is 0 Å². The SMILES string of the molecule is CN1CCN(Cc2cccc(-c3nc(CC(=O)NC(C)(C)CO)cs3)c2)CC1. The fraction of sp³-hybridized carbons (Fsp3) is 0.524. The van der Waals surface area contributed by atoms with E-state index in [0.717, 1.165) is 49.0 Å². The third-order valence-electron chi connectivity index (χ3n) is 4.94. The van der Waals surface area contributed by atoms with Crippen LogP contribution in [0.4, 0.5) is 0 Å². The average Bonchev–Trinajstić information content (AvgIpc) is 3.12. The lowest BCUT2D eigenvalue weighted by Crippen LogP contribution is -2.46. The van der Waals surface area contributed by atoms with Crippen LogP contribution in [0, 0.1) is 0 Å². The topological polar surface area (TPSA) is 68.7 Å². The molecule has 0 radical (unpaired) electrons. The molecule has 1 aliphatic heterocycles. The highest BCUT2D eigenvalue weighted by Crippen LogP contribution is 2.25. The van der Waals surface area contributed by atoms with Gasteiger partial charge >= 0.3 is 0 Å². The molecule has 152 valence electrons. The van der Waals surface area contributed by atoms with Gasteiger partial charge in [0.2, 0.25) is 5.91 Å². The van der Waals surface area contributed by atoms with E-state index in [2.05, 4.69) is 51.4 Å². The van der Waals surface area contributed by atoms with Gasteiger partial charge in [-0.05, 0) is 32.5 Å². The summed E-state index contributed by atoms with van der Waals surface area (Å²) in [6.45, 7) is 8.88. The third kappa shape index (κ3) is 5.85. The second kappa shape index (κ2) is 9.13. The van der Waals surface area contributed by atoms with Crippen molar-refractivity contribution < 1.29 is 9.90 Å². The van der Waals surface area contributed by atoms with Gasteiger partial charge in [0.1, 0.15) is 5.01 Å². The molecule has 28 heavy (non-hydrogen) atoms. The lowest BCUT2D eigenvalue weighted by molar-refractivity contribution is -0.122. The number of piperazine rings is 1. The Morgan fingerprint density at radius 2 is 2.04 bits per heavy atom. The van der Waals surface area contributed by atoms with Gasteiger partial charge in [-0.15, -0.1) is 11.3 Å². The number of amides is 1. The average molecular weight is 403 g/mol. The Morgan fingerprint density at radius 3 is 2.75 bits per heavy atom. The standard InChI is InChI=1S/C21H30N4O2S/c1-21(2,15-26)23-19(27)12-18-14-28-20(22-18)17-6-4-5-16(11-17)13-25-9-7-24(3)8-10-25/h4-6,11,14,26H,7-10,12-13,15H2,1-3H3,(H,23,27). The molecule has 0 spiro atoms. The molecule has 2 heterocycles. The second-order valence-electron chi connectivity index (χ2n) is 8.19. The van der Waals surface area contributed by atoms with Crippen LogP contribution in [0.3, 0.4) is 0 Å². The highest BCUT2D eigenvalue weighted by molar-refractivity contribution is 7.13. The molecule has 1 fully saturated rings.